The summed E-state index contributed by atoms with van der Waals surface area (Å²) in [5.74, 6) is 4.61. The summed E-state index contributed by atoms with van der Waals surface area (Å²) in [6, 6.07) is 2.87. The van der Waals surface area contributed by atoms with Crippen LogP contribution in [-0.4, -0.2) is 0 Å². The molecule has 0 aromatic carbocycles. The Morgan fingerprint density at radius 1 is 0.769 bits per heavy atom. The Labute approximate surface area is 163 Å². The van der Waals surface area contributed by atoms with Crippen LogP contribution in [-0.2, 0) is 0 Å². The maximum Gasteiger partial charge on any atom is 0.0692 e. The highest BCUT2D eigenvalue weighted by molar-refractivity contribution is 5.06. The monoisotopic (exact) mass is 357 g/mol. The molecule has 0 heterocycles. The third-order valence-electron chi connectivity index (χ3n) is 8.87. The van der Waals surface area contributed by atoms with Gasteiger partial charge in [-0.05, 0) is 81.0 Å². The smallest absolute Gasteiger partial charge is 0.0692 e. The molecular weight excluding hydrogens is 314 g/mol. The van der Waals surface area contributed by atoms with E-state index >= 15 is 0 Å². The number of hydrogen-bond donors (Lipinski definition) is 0. The van der Waals surface area contributed by atoms with Crippen molar-refractivity contribution in [2.24, 2.45) is 35.0 Å². The first-order valence-electron chi connectivity index (χ1n) is 12.1. The van der Waals surface area contributed by atoms with Crippen molar-refractivity contribution in [3.05, 3.63) is 0 Å². The van der Waals surface area contributed by atoms with Crippen LogP contribution in [0.1, 0.15) is 117 Å². The quantitative estimate of drug-likeness (QED) is 0.474. The van der Waals surface area contributed by atoms with Gasteiger partial charge in [-0.25, -0.2) is 0 Å². The molecule has 3 aliphatic rings. The van der Waals surface area contributed by atoms with Crippen LogP contribution >= 0.6 is 0 Å². The summed E-state index contributed by atoms with van der Waals surface area (Å²) in [6.07, 6.45) is 22.1. The van der Waals surface area contributed by atoms with Crippen molar-refractivity contribution in [3.8, 4) is 6.07 Å². The molecule has 0 aromatic heterocycles. The Kier molecular flexibility index (Phi) is 7.48. The summed E-state index contributed by atoms with van der Waals surface area (Å²) in [4.78, 5) is 0. The van der Waals surface area contributed by atoms with Crippen molar-refractivity contribution in [1.29, 1.82) is 5.26 Å². The maximum absolute atomic E-state index is 10.1. The average molecular weight is 358 g/mol. The molecule has 0 bridgehead atoms. The number of rotatable bonds is 6. The second-order valence-corrected chi connectivity index (χ2v) is 10.2. The molecular formula is C25H43N. The lowest BCUT2D eigenvalue weighted by molar-refractivity contribution is 0.0608. The first kappa shape index (κ1) is 20.2. The van der Waals surface area contributed by atoms with Gasteiger partial charge in [-0.15, -0.1) is 0 Å². The van der Waals surface area contributed by atoms with Crippen molar-refractivity contribution in [2.75, 3.05) is 0 Å². The van der Waals surface area contributed by atoms with E-state index in [0.29, 0.717) is 5.92 Å². The minimum absolute atomic E-state index is 0.0491. The van der Waals surface area contributed by atoms with E-state index in [1.54, 1.807) is 0 Å². The summed E-state index contributed by atoms with van der Waals surface area (Å²) in [6.45, 7) is 4.66. The van der Waals surface area contributed by atoms with E-state index in [2.05, 4.69) is 19.9 Å². The highest BCUT2D eigenvalue weighted by Gasteiger charge is 2.44. The number of unbranched alkanes of at least 4 members (excludes halogenated alkanes) is 1. The van der Waals surface area contributed by atoms with Crippen LogP contribution in [0.2, 0.25) is 0 Å². The lowest BCUT2D eigenvalue weighted by Gasteiger charge is -2.45. The Balaban J connectivity index is 1.47. The Morgan fingerprint density at radius 3 is 1.88 bits per heavy atom. The van der Waals surface area contributed by atoms with Crippen LogP contribution in [0.15, 0.2) is 0 Å². The predicted octanol–water partition coefficient (Wildman–Crippen LogP) is 7.90. The standard InChI is InChI=1S/C25H43N/c1-3-5-6-21-7-11-22(12-8-21)23-15-17-25(19-26,18-16-23)24-13-9-20(4-2)10-14-24/h20-24H,3-18H2,1-2H3/t20?,21?,22?,23-,24?,25-. The fourth-order valence-electron chi connectivity index (χ4n) is 6.80. The summed E-state index contributed by atoms with van der Waals surface area (Å²) in [7, 11) is 0. The molecule has 3 saturated carbocycles. The van der Waals surface area contributed by atoms with E-state index in [1.165, 1.54) is 103 Å². The van der Waals surface area contributed by atoms with Crippen molar-refractivity contribution < 1.29 is 0 Å². The maximum atomic E-state index is 10.1. The topological polar surface area (TPSA) is 23.8 Å². The van der Waals surface area contributed by atoms with E-state index in [9.17, 15) is 5.26 Å². The van der Waals surface area contributed by atoms with E-state index in [4.69, 9.17) is 0 Å². The van der Waals surface area contributed by atoms with Gasteiger partial charge in [-0.2, -0.15) is 5.26 Å². The van der Waals surface area contributed by atoms with E-state index in [0.717, 1.165) is 23.7 Å². The molecule has 0 amide bonds. The number of nitriles is 1. The third-order valence-corrected chi connectivity index (χ3v) is 8.87. The largest absolute Gasteiger partial charge is 0.198 e. The predicted molar refractivity (Wildman–Crippen MR) is 111 cm³/mol. The molecule has 0 aliphatic heterocycles. The minimum atomic E-state index is 0.0491. The lowest BCUT2D eigenvalue weighted by Crippen LogP contribution is -2.37. The van der Waals surface area contributed by atoms with Gasteiger partial charge in [-0.1, -0.05) is 65.2 Å². The highest BCUT2D eigenvalue weighted by atomic mass is 14.5. The molecule has 3 aliphatic carbocycles. The van der Waals surface area contributed by atoms with Crippen LogP contribution in [0, 0.1) is 46.3 Å². The Bertz CT molecular complexity index is 437. The molecule has 0 radical (unpaired) electrons. The van der Waals surface area contributed by atoms with Crippen LogP contribution in [0.4, 0.5) is 0 Å². The second kappa shape index (κ2) is 9.61. The molecule has 0 unspecified atom stereocenters. The molecule has 1 heteroatoms. The summed E-state index contributed by atoms with van der Waals surface area (Å²) < 4.78 is 0. The van der Waals surface area contributed by atoms with Gasteiger partial charge in [0.15, 0.2) is 0 Å². The fourth-order valence-corrected chi connectivity index (χ4v) is 6.80. The van der Waals surface area contributed by atoms with Crippen LogP contribution in [0.3, 0.4) is 0 Å². The highest BCUT2D eigenvalue weighted by Crippen LogP contribution is 2.52. The fraction of sp³-hybridized carbons (Fsp3) is 0.960. The Morgan fingerprint density at radius 2 is 1.35 bits per heavy atom. The molecule has 0 spiro atoms. The zero-order chi connectivity index (χ0) is 18.4. The summed E-state index contributed by atoms with van der Waals surface area (Å²) >= 11 is 0. The van der Waals surface area contributed by atoms with Crippen LogP contribution in [0.5, 0.6) is 0 Å². The van der Waals surface area contributed by atoms with Crippen molar-refractivity contribution >= 4 is 0 Å². The molecule has 1 nitrogen and oxygen atoms in total. The molecule has 0 atom stereocenters. The first-order valence-corrected chi connectivity index (χ1v) is 12.1. The van der Waals surface area contributed by atoms with Gasteiger partial charge in [0.1, 0.15) is 0 Å². The Hall–Kier alpha value is -0.510. The molecule has 0 N–H and O–H groups in total. The van der Waals surface area contributed by atoms with Gasteiger partial charge < -0.3 is 0 Å². The molecule has 26 heavy (non-hydrogen) atoms. The molecule has 148 valence electrons. The van der Waals surface area contributed by atoms with Gasteiger partial charge in [0.05, 0.1) is 11.5 Å². The van der Waals surface area contributed by atoms with Gasteiger partial charge >= 0.3 is 0 Å². The molecule has 0 aromatic rings. The van der Waals surface area contributed by atoms with Gasteiger partial charge in [0.2, 0.25) is 0 Å². The first-order chi connectivity index (χ1) is 12.7. The van der Waals surface area contributed by atoms with E-state index < -0.39 is 0 Å². The number of hydrogen-bond acceptors (Lipinski definition) is 1. The average Bonchev–Trinajstić information content (AvgIpc) is 2.73. The normalized spacial score (nSPS) is 41.5. The van der Waals surface area contributed by atoms with Crippen molar-refractivity contribution in [3.63, 3.8) is 0 Å². The lowest BCUT2D eigenvalue weighted by atomic mass is 9.58. The summed E-state index contributed by atoms with van der Waals surface area (Å²) in [5.41, 5.74) is 0.0491. The minimum Gasteiger partial charge on any atom is -0.198 e. The van der Waals surface area contributed by atoms with Crippen molar-refractivity contribution in [1.82, 2.24) is 0 Å². The van der Waals surface area contributed by atoms with Crippen LogP contribution < -0.4 is 0 Å². The van der Waals surface area contributed by atoms with E-state index in [-0.39, 0.29) is 5.41 Å². The van der Waals surface area contributed by atoms with Crippen molar-refractivity contribution in [2.45, 2.75) is 117 Å². The third kappa shape index (κ3) is 4.66. The SMILES string of the molecule is CCCCC1CCC([C@H]2CC[C@](C#N)(C3CCC(CC)CC3)CC2)CC1. The zero-order valence-electron chi connectivity index (χ0n) is 17.6. The molecule has 3 rings (SSSR count). The summed E-state index contributed by atoms with van der Waals surface area (Å²) in [5, 5.41) is 10.1. The van der Waals surface area contributed by atoms with E-state index in [1.807, 2.05) is 0 Å². The van der Waals surface area contributed by atoms with Crippen LogP contribution in [0.25, 0.3) is 0 Å². The molecule has 3 fully saturated rings. The zero-order valence-corrected chi connectivity index (χ0v) is 17.6. The van der Waals surface area contributed by atoms with Gasteiger partial charge in [0, 0.05) is 0 Å². The van der Waals surface area contributed by atoms with Gasteiger partial charge in [0.25, 0.3) is 0 Å². The molecule has 0 saturated heterocycles. The van der Waals surface area contributed by atoms with Gasteiger partial charge in [-0.3, -0.25) is 0 Å². The second-order valence-electron chi connectivity index (χ2n) is 10.2. The number of nitrogens with zero attached hydrogens (tertiary/aromatic N) is 1.